The van der Waals surface area contributed by atoms with Gasteiger partial charge >= 0.3 is 0 Å². The SMILES string of the molecule is O=C(c1cc(F)c(Cl)cc1F)N1CCN2C[C@H](Oc3cnc(C4CC4)cn3)C[C@H]2C1. The Morgan fingerprint density at radius 1 is 1.10 bits per heavy atom. The molecule has 2 aromatic rings. The summed E-state index contributed by atoms with van der Waals surface area (Å²) >= 11 is 5.59. The van der Waals surface area contributed by atoms with Gasteiger partial charge in [-0.25, -0.2) is 13.8 Å². The van der Waals surface area contributed by atoms with Crippen LogP contribution in [0.3, 0.4) is 0 Å². The van der Waals surface area contributed by atoms with Crippen LogP contribution in [0.25, 0.3) is 0 Å². The molecule has 2 atom stereocenters. The first-order chi connectivity index (χ1) is 14.5. The molecular weight excluding hydrogens is 414 g/mol. The molecule has 0 N–H and O–H groups in total. The number of benzene rings is 1. The van der Waals surface area contributed by atoms with Crippen LogP contribution in [0.5, 0.6) is 5.88 Å². The molecule has 5 rings (SSSR count). The van der Waals surface area contributed by atoms with Gasteiger partial charge in [-0.15, -0.1) is 0 Å². The van der Waals surface area contributed by atoms with Gasteiger partial charge in [-0.2, -0.15) is 0 Å². The minimum Gasteiger partial charge on any atom is -0.472 e. The molecule has 1 aromatic heterocycles. The number of carbonyl (C=O) groups excluding carboxylic acids is 1. The van der Waals surface area contributed by atoms with Gasteiger partial charge in [0, 0.05) is 44.6 Å². The normalized spacial score (nSPS) is 24.0. The van der Waals surface area contributed by atoms with Gasteiger partial charge in [0.05, 0.1) is 28.7 Å². The van der Waals surface area contributed by atoms with Crippen molar-refractivity contribution in [2.24, 2.45) is 0 Å². The van der Waals surface area contributed by atoms with Crippen molar-refractivity contribution >= 4 is 17.5 Å². The van der Waals surface area contributed by atoms with E-state index in [1.165, 1.54) is 12.8 Å². The lowest BCUT2D eigenvalue weighted by Gasteiger charge is -2.37. The van der Waals surface area contributed by atoms with Crippen LogP contribution in [0.15, 0.2) is 24.5 Å². The number of ether oxygens (including phenoxy) is 1. The Hall–Kier alpha value is -2.32. The molecular formula is C21H21ClF2N4O2. The first-order valence-electron chi connectivity index (χ1n) is 10.1. The highest BCUT2D eigenvalue weighted by Gasteiger charge is 2.39. The number of amides is 1. The Morgan fingerprint density at radius 3 is 2.67 bits per heavy atom. The van der Waals surface area contributed by atoms with Crippen molar-refractivity contribution in [3.05, 3.63) is 52.4 Å². The van der Waals surface area contributed by atoms with Gasteiger partial charge in [0.1, 0.15) is 17.7 Å². The smallest absolute Gasteiger partial charge is 0.257 e. The molecule has 1 aromatic carbocycles. The standard InChI is InChI=1S/C21H21ClF2N4O2/c22-16-7-17(23)15(6-18(16)24)21(29)28-4-3-27-11-14(5-13(27)10-28)30-20-9-25-19(8-26-20)12-1-2-12/h6-9,12-14H,1-5,10-11H2/t13-,14+/m0/s1. The number of halogens is 3. The zero-order valence-corrected chi connectivity index (χ0v) is 17.0. The topological polar surface area (TPSA) is 58.6 Å². The summed E-state index contributed by atoms with van der Waals surface area (Å²) in [6.07, 6.45) is 6.50. The Bertz CT molecular complexity index is 970. The highest BCUT2D eigenvalue weighted by Crippen LogP contribution is 2.38. The van der Waals surface area contributed by atoms with Gasteiger partial charge in [0.25, 0.3) is 5.91 Å². The van der Waals surface area contributed by atoms with Gasteiger partial charge in [0.2, 0.25) is 5.88 Å². The van der Waals surface area contributed by atoms with Crippen LogP contribution in [0.4, 0.5) is 8.78 Å². The minimum atomic E-state index is -0.810. The number of rotatable bonds is 4. The van der Waals surface area contributed by atoms with Crippen molar-refractivity contribution in [3.63, 3.8) is 0 Å². The number of aromatic nitrogens is 2. The van der Waals surface area contributed by atoms with Gasteiger partial charge in [-0.3, -0.25) is 14.7 Å². The van der Waals surface area contributed by atoms with Gasteiger partial charge < -0.3 is 9.64 Å². The van der Waals surface area contributed by atoms with E-state index in [-0.39, 0.29) is 22.7 Å². The molecule has 2 aliphatic heterocycles. The highest BCUT2D eigenvalue weighted by molar-refractivity contribution is 6.30. The van der Waals surface area contributed by atoms with E-state index in [1.54, 1.807) is 17.3 Å². The monoisotopic (exact) mass is 434 g/mol. The molecule has 30 heavy (non-hydrogen) atoms. The third-order valence-electron chi connectivity index (χ3n) is 6.04. The summed E-state index contributed by atoms with van der Waals surface area (Å²) in [6, 6.07) is 1.82. The second-order valence-electron chi connectivity index (χ2n) is 8.18. The van der Waals surface area contributed by atoms with E-state index in [0.717, 1.165) is 30.8 Å². The molecule has 9 heteroatoms. The maximum atomic E-state index is 14.1. The number of carbonyl (C=O) groups is 1. The van der Waals surface area contributed by atoms with Crippen LogP contribution in [-0.2, 0) is 0 Å². The van der Waals surface area contributed by atoms with E-state index in [4.69, 9.17) is 16.3 Å². The van der Waals surface area contributed by atoms with Crippen molar-refractivity contribution < 1.29 is 18.3 Å². The summed E-state index contributed by atoms with van der Waals surface area (Å²) in [5, 5.41) is -0.335. The number of piperazine rings is 1. The van der Waals surface area contributed by atoms with E-state index >= 15 is 0 Å². The average Bonchev–Trinajstić information content (AvgIpc) is 3.50. The van der Waals surface area contributed by atoms with Gasteiger partial charge in [0.15, 0.2) is 0 Å². The molecule has 0 bridgehead atoms. The van der Waals surface area contributed by atoms with Crippen molar-refractivity contribution in [2.45, 2.75) is 37.3 Å². The van der Waals surface area contributed by atoms with Crippen molar-refractivity contribution in [2.75, 3.05) is 26.2 Å². The lowest BCUT2D eigenvalue weighted by atomic mass is 10.1. The molecule has 1 amide bonds. The predicted octanol–water partition coefficient (Wildman–Crippen LogP) is 3.26. The summed E-state index contributed by atoms with van der Waals surface area (Å²) in [6.45, 7) is 2.28. The summed E-state index contributed by atoms with van der Waals surface area (Å²) in [5.41, 5.74) is 0.730. The summed E-state index contributed by atoms with van der Waals surface area (Å²) in [4.78, 5) is 25.4. The molecule has 1 saturated carbocycles. The Labute approximate surface area is 177 Å². The first-order valence-corrected chi connectivity index (χ1v) is 10.5. The molecule has 158 valence electrons. The maximum Gasteiger partial charge on any atom is 0.257 e. The zero-order valence-electron chi connectivity index (χ0n) is 16.2. The quantitative estimate of drug-likeness (QED) is 0.691. The average molecular weight is 435 g/mol. The fourth-order valence-electron chi connectivity index (χ4n) is 4.27. The largest absolute Gasteiger partial charge is 0.472 e. The van der Waals surface area contributed by atoms with Crippen LogP contribution in [0, 0.1) is 11.6 Å². The fourth-order valence-corrected chi connectivity index (χ4v) is 4.42. The molecule has 3 heterocycles. The highest BCUT2D eigenvalue weighted by atomic mass is 35.5. The lowest BCUT2D eigenvalue weighted by Crippen LogP contribution is -2.52. The Morgan fingerprint density at radius 2 is 1.93 bits per heavy atom. The van der Waals surface area contributed by atoms with E-state index in [9.17, 15) is 13.6 Å². The summed E-state index contributed by atoms with van der Waals surface area (Å²) < 4.78 is 33.9. The van der Waals surface area contributed by atoms with Crippen LogP contribution >= 0.6 is 11.6 Å². The fraction of sp³-hybridized carbons (Fsp3) is 0.476. The molecule has 3 aliphatic rings. The number of fused-ring (bicyclic) bond motifs is 1. The van der Waals surface area contributed by atoms with E-state index < -0.39 is 17.5 Å². The van der Waals surface area contributed by atoms with E-state index in [2.05, 4.69) is 14.9 Å². The minimum absolute atomic E-state index is 0.0455. The van der Waals surface area contributed by atoms with Crippen LogP contribution < -0.4 is 4.74 Å². The maximum absolute atomic E-state index is 14.1. The molecule has 0 radical (unpaired) electrons. The van der Waals surface area contributed by atoms with Crippen LogP contribution in [0.1, 0.15) is 41.2 Å². The van der Waals surface area contributed by atoms with Crippen LogP contribution in [0.2, 0.25) is 5.02 Å². The van der Waals surface area contributed by atoms with Crippen LogP contribution in [-0.4, -0.2) is 64.0 Å². The third kappa shape index (κ3) is 3.86. The van der Waals surface area contributed by atoms with E-state index in [0.29, 0.717) is 31.4 Å². The second-order valence-corrected chi connectivity index (χ2v) is 8.58. The first kappa shape index (κ1) is 19.6. The van der Waals surface area contributed by atoms with Crippen molar-refractivity contribution in [3.8, 4) is 5.88 Å². The molecule has 1 aliphatic carbocycles. The molecule has 0 spiro atoms. The van der Waals surface area contributed by atoms with Gasteiger partial charge in [-0.05, 0) is 25.0 Å². The van der Waals surface area contributed by atoms with Gasteiger partial charge in [-0.1, -0.05) is 11.6 Å². The Kier molecular flexibility index (Phi) is 5.06. The molecule has 6 nitrogen and oxygen atoms in total. The van der Waals surface area contributed by atoms with Crippen molar-refractivity contribution in [1.82, 2.24) is 19.8 Å². The van der Waals surface area contributed by atoms with E-state index in [1.807, 2.05) is 0 Å². The second kappa shape index (κ2) is 7.74. The predicted molar refractivity (Wildman–Crippen MR) is 106 cm³/mol. The molecule has 0 unspecified atom stereocenters. The molecule has 3 fully saturated rings. The summed E-state index contributed by atoms with van der Waals surface area (Å²) in [5.74, 6) is -1.07. The molecule has 2 saturated heterocycles. The number of nitrogens with zero attached hydrogens (tertiary/aromatic N) is 4. The zero-order chi connectivity index (χ0) is 20.8. The van der Waals surface area contributed by atoms with Crippen molar-refractivity contribution in [1.29, 1.82) is 0 Å². The lowest BCUT2D eigenvalue weighted by molar-refractivity contribution is 0.0565. The number of hydrogen-bond donors (Lipinski definition) is 0. The third-order valence-corrected chi connectivity index (χ3v) is 6.33. The Balaban J connectivity index is 1.21. The summed E-state index contributed by atoms with van der Waals surface area (Å²) in [7, 11) is 0. The number of hydrogen-bond acceptors (Lipinski definition) is 5.